The van der Waals surface area contributed by atoms with Gasteiger partial charge in [0.05, 0.1) is 10.7 Å². The molecule has 0 bridgehead atoms. The van der Waals surface area contributed by atoms with Crippen LogP contribution in [0.1, 0.15) is 16.8 Å². The number of carbonyl (C=O) groups is 2. The summed E-state index contributed by atoms with van der Waals surface area (Å²) in [6, 6.07) is 4.81. The highest BCUT2D eigenvalue weighted by Gasteiger charge is 2.20. The van der Waals surface area contributed by atoms with Crippen LogP contribution in [0.5, 0.6) is 0 Å². The van der Waals surface area contributed by atoms with Crippen LogP contribution < -0.4 is 11.1 Å². The lowest BCUT2D eigenvalue weighted by Crippen LogP contribution is -2.34. The Morgan fingerprint density at radius 2 is 2.17 bits per heavy atom. The molecule has 1 aliphatic rings. The van der Waals surface area contributed by atoms with E-state index in [1.807, 2.05) is 0 Å². The molecule has 0 aromatic heterocycles. The monoisotopic (exact) mass is 267 g/mol. The third-order valence-corrected chi connectivity index (χ3v) is 3.17. The van der Waals surface area contributed by atoms with Crippen LogP contribution >= 0.6 is 11.6 Å². The molecule has 18 heavy (non-hydrogen) atoms. The summed E-state index contributed by atoms with van der Waals surface area (Å²) >= 11 is 5.89. The van der Waals surface area contributed by atoms with Crippen LogP contribution in [0.25, 0.3) is 0 Å². The predicted molar refractivity (Wildman–Crippen MR) is 69.4 cm³/mol. The van der Waals surface area contributed by atoms with E-state index < -0.39 is 0 Å². The molecule has 0 unspecified atom stereocenters. The minimum Gasteiger partial charge on any atom is -0.398 e. The Hall–Kier alpha value is -1.75. The van der Waals surface area contributed by atoms with E-state index in [2.05, 4.69) is 5.32 Å². The number of halogens is 1. The quantitative estimate of drug-likeness (QED) is 0.742. The SMILES string of the molecule is Nc1ccc(C(=O)N2CCNC(=O)CC2)cc1Cl. The lowest BCUT2D eigenvalue weighted by atomic mass is 10.1. The Bertz CT molecular complexity index is 490. The van der Waals surface area contributed by atoms with Crippen LogP contribution in [-0.2, 0) is 4.79 Å². The summed E-state index contributed by atoms with van der Waals surface area (Å²) in [5, 5.41) is 3.09. The third-order valence-electron chi connectivity index (χ3n) is 2.85. The fraction of sp³-hybridized carbons (Fsp3) is 0.333. The molecule has 0 spiro atoms. The average molecular weight is 268 g/mol. The summed E-state index contributed by atoms with van der Waals surface area (Å²) in [7, 11) is 0. The number of nitrogens with zero attached hydrogens (tertiary/aromatic N) is 1. The molecule has 0 aliphatic carbocycles. The molecule has 3 N–H and O–H groups in total. The van der Waals surface area contributed by atoms with Crippen molar-refractivity contribution < 1.29 is 9.59 Å². The maximum absolute atomic E-state index is 12.2. The number of hydrogen-bond acceptors (Lipinski definition) is 3. The molecule has 6 heteroatoms. The summed E-state index contributed by atoms with van der Waals surface area (Å²) in [6.45, 7) is 1.41. The van der Waals surface area contributed by atoms with E-state index in [9.17, 15) is 9.59 Å². The molecule has 2 amide bonds. The number of amides is 2. The molecule has 1 fully saturated rings. The first kappa shape index (κ1) is 12.7. The van der Waals surface area contributed by atoms with Gasteiger partial charge < -0.3 is 16.0 Å². The van der Waals surface area contributed by atoms with Gasteiger partial charge in [0.1, 0.15) is 0 Å². The molecule has 5 nitrogen and oxygen atoms in total. The van der Waals surface area contributed by atoms with Crippen LogP contribution in [0.2, 0.25) is 5.02 Å². The fourth-order valence-corrected chi connectivity index (χ4v) is 1.99. The second-order valence-electron chi connectivity index (χ2n) is 4.13. The Morgan fingerprint density at radius 1 is 1.39 bits per heavy atom. The predicted octanol–water partition coefficient (Wildman–Crippen LogP) is 0.884. The third kappa shape index (κ3) is 2.73. The summed E-state index contributed by atoms with van der Waals surface area (Å²) in [6.07, 6.45) is 0.328. The highest BCUT2D eigenvalue weighted by molar-refractivity contribution is 6.33. The van der Waals surface area contributed by atoms with Gasteiger partial charge in [-0.3, -0.25) is 9.59 Å². The van der Waals surface area contributed by atoms with Gasteiger partial charge in [-0.05, 0) is 18.2 Å². The van der Waals surface area contributed by atoms with Crippen molar-refractivity contribution in [2.75, 3.05) is 25.4 Å². The molecule has 96 valence electrons. The smallest absolute Gasteiger partial charge is 0.253 e. The number of anilines is 1. The Balaban J connectivity index is 2.14. The molecule has 2 rings (SSSR count). The van der Waals surface area contributed by atoms with Crippen LogP contribution in [0.15, 0.2) is 18.2 Å². The van der Waals surface area contributed by atoms with Crippen LogP contribution in [0, 0.1) is 0 Å². The first-order chi connectivity index (χ1) is 8.58. The van der Waals surface area contributed by atoms with E-state index in [0.717, 1.165) is 0 Å². The van der Waals surface area contributed by atoms with E-state index in [0.29, 0.717) is 42.3 Å². The Morgan fingerprint density at radius 3 is 2.89 bits per heavy atom. The second kappa shape index (κ2) is 5.27. The number of carbonyl (C=O) groups excluding carboxylic acids is 2. The maximum atomic E-state index is 12.2. The largest absolute Gasteiger partial charge is 0.398 e. The molecule has 1 heterocycles. The number of rotatable bonds is 1. The first-order valence-corrected chi connectivity index (χ1v) is 6.07. The molecule has 1 saturated heterocycles. The van der Waals surface area contributed by atoms with Gasteiger partial charge in [-0.25, -0.2) is 0 Å². The van der Waals surface area contributed by atoms with E-state index >= 15 is 0 Å². The maximum Gasteiger partial charge on any atom is 0.253 e. The fourth-order valence-electron chi connectivity index (χ4n) is 1.81. The minimum absolute atomic E-state index is 0.0272. The topological polar surface area (TPSA) is 75.4 Å². The molecule has 1 aromatic rings. The Kier molecular flexibility index (Phi) is 3.72. The van der Waals surface area contributed by atoms with Crippen molar-refractivity contribution in [1.29, 1.82) is 0 Å². The molecule has 1 aliphatic heterocycles. The highest BCUT2D eigenvalue weighted by atomic mass is 35.5. The zero-order valence-electron chi connectivity index (χ0n) is 9.78. The van der Waals surface area contributed by atoms with E-state index in [-0.39, 0.29) is 11.8 Å². The summed E-state index contributed by atoms with van der Waals surface area (Å²) in [5.41, 5.74) is 6.53. The van der Waals surface area contributed by atoms with Crippen molar-refractivity contribution in [3.05, 3.63) is 28.8 Å². The molecular formula is C12H14ClN3O2. The number of nitrogens with two attached hydrogens (primary N) is 1. The zero-order chi connectivity index (χ0) is 13.1. The van der Waals surface area contributed by atoms with Crippen molar-refractivity contribution in [1.82, 2.24) is 10.2 Å². The van der Waals surface area contributed by atoms with Gasteiger partial charge in [0.2, 0.25) is 5.91 Å². The molecule has 0 saturated carbocycles. The van der Waals surface area contributed by atoms with Gasteiger partial charge in [0.25, 0.3) is 5.91 Å². The van der Waals surface area contributed by atoms with Crippen molar-refractivity contribution in [2.24, 2.45) is 0 Å². The van der Waals surface area contributed by atoms with Crippen molar-refractivity contribution in [3.63, 3.8) is 0 Å². The van der Waals surface area contributed by atoms with E-state index in [1.54, 1.807) is 23.1 Å². The van der Waals surface area contributed by atoms with Gasteiger partial charge >= 0.3 is 0 Å². The number of hydrogen-bond donors (Lipinski definition) is 2. The van der Waals surface area contributed by atoms with Crippen LogP contribution in [-0.4, -0.2) is 36.3 Å². The number of benzene rings is 1. The lowest BCUT2D eigenvalue weighted by molar-refractivity contribution is -0.120. The minimum atomic E-state index is -0.131. The molecule has 0 atom stereocenters. The van der Waals surface area contributed by atoms with Gasteiger partial charge in [-0.15, -0.1) is 0 Å². The van der Waals surface area contributed by atoms with Gasteiger partial charge in [-0.2, -0.15) is 0 Å². The average Bonchev–Trinajstić information content (AvgIpc) is 2.57. The molecule has 1 aromatic carbocycles. The van der Waals surface area contributed by atoms with E-state index in [1.165, 1.54) is 0 Å². The summed E-state index contributed by atoms with van der Waals surface area (Å²) in [4.78, 5) is 25.0. The Labute approximate surface area is 110 Å². The summed E-state index contributed by atoms with van der Waals surface area (Å²) in [5.74, 6) is -0.158. The first-order valence-electron chi connectivity index (χ1n) is 5.69. The van der Waals surface area contributed by atoms with Crippen molar-refractivity contribution in [3.8, 4) is 0 Å². The van der Waals surface area contributed by atoms with E-state index in [4.69, 9.17) is 17.3 Å². The van der Waals surface area contributed by atoms with Crippen molar-refractivity contribution in [2.45, 2.75) is 6.42 Å². The lowest BCUT2D eigenvalue weighted by Gasteiger charge is -2.19. The molecular weight excluding hydrogens is 254 g/mol. The summed E-state index contributed by atoms with van der Waals surface area (Å²) < 4.78 is 0. The van der Waals surface area contributed by atoms with Gasteiger partial charge in [0.15, 0.2) is 0 Å². The van der Waals surface area contributed by atoms with Crippen LogP contribution in [0.4, 0.5) is 5.69 Å². The second-order valence-corrected chi connectivity index (χ2v) is 4.54. The number of nitrogens with one attached hydrogen (secondary N) is 1. The van der Waals surface area contributed by atoms with Gasteiger partial charge in [-0.1, -0.05) is 11.6 Å². The normalized spacial score (nSPS) is 16.1. The molecule has 0 radical (unpaired) electrons. The zero-order valence-corrected chi connectivity index (χ0v) is 10.5. The van der Waals surface area contributed by atoms with Crippen LogP contribution in [0.3, 0.4) is 0 Å². The van der Waals surface area contributed by atoms with Crippen molar-refractivity contribution >= 4 is 29.1 Å². The highest BCUT2D eigenvalue weighted by Crippen LogP contribution is 2.20. The standard InChI is InChI=1S/C12H14ClN3O2/c13-9-7-8(1-2-10(9)14)12(18)16-5-3-11(17)15-4-6-16/h1-2,7H,3-6,14H2,(H,15,17). The number of nitrogen functional groups attached to an aromatic ring is 1. The van der Waals surface area contributed by atoms with Gasteiger partial charge in [0, 0.05) is 31.6 Å².